The summed E-state index contributed by atoms with van der Waals surface area (Å²) in [6.45, 7) is 1.52. The van der Waals surface area contributed by atoms with Gasteiger partial charge in [0.1, 0.15) is 11.6 Å². The van der Waals surface area contributed by atoms with Crippen LogP contribution in [0.25, 0.3) is 11.0 Å². The predicted octanol–water partition coefficient (Wildman–Crippen LogP) is 2.43. The molecule has 0 aliphatic heterocycles. The van der Waals surface area contributed by atoms with Crippen LogP contribution < -0.4 is 5.32 Å². The minimum absolute atomic E-state index is 0.249. The molecule has 0 fully saturated rings. The van der Waals surface area contributed by atoms with Crippen LogP contribution in [0.5, 0.6) is 0 Å². The largest absolute Gasteiger partial charge is 0.342 e. The van der Waals surface area contributed by atoms with Crippen molar-refractivity contribution in [2.45, 2.75) is 13.0 Å². The minimum atomic E-state index is -0.249. The first-order valence-corrected chi connectivity index (χ1v) is 6.56. The van der Waals surface area contributed by atoms with Gasteiger partial charge in [0, 0.05) is 25.7 Å². The van der Waals surface area contributed by atoms with Crippen molar-refractivity contribution in [2.24, 2.45) is 0 Å². The Hall–Kier alpha value is -2.27. The number of nitrogens with one attached hydrogen (secondary N) is 2. The highest BCUT2D eigenvalue weighted by molar-refractivity contribution is 5.74. The molecule has 0 aliphatic carbocycles. The summed E-state index contributed by atoms with van der Waals surface area (Å²) in [6.07, 6.45) is 2.55. The molecule has 2 heterocycles. The number of fused-ring (bicyclic) bond motifs is 1. The Balaban J connectivity index is 1.55. The van der Waals surface area contributed by atoms with E-state index in [0.717, 1.165) is 42.1 Å². The fourth-order valence-corrected chi connectivity index (χ4v) is 2.08. The zero-order valence-corrected chi connectivity index (χ0v) is 10.9. The smallest absolute Gasteiger partial charge is 0.125 e. The van der Waals surface area contributed by atoms with Crippen molar-refractivity contribution in [2.75, 3.05) is 6.54 Å². The first kappa shape index (κ1) is 12.7. The van der Waals surface area contributed by atoms with Crippen LogP contribution in [0.1, 0.15) is 11.5 Å². The number of aromatic amines is 1. The number of halogens is 1. The topological polar surface area (TPSA) is 53.6 Å². The van der Waals surface area contributed by atoms with E-state index in [4.69, 9.17) is 0 Å². The summed E-state index contributed by atoms with van der Waals surface area (Å²) in [7, 11) is 0. The molecule has 5 heteroatoms. The minimum Gasteiger partial charge on any atom is -0.342 e. The van der Waals surface area contributed by atoms with E-state index >= 15 is 0 Å². The second kappa shape index (κ2) is 5.79. The lowest BCUT2D eigenvalue weighted by molar-refractivity contribution is 0.629. The highest BCUT2D eigenvalue weighted by Gasteiger charge is 2.03. The molecule has 0 atom stereocenters. The van der Waals surface area contributed by atoms with Gasteiger partial charge in [0.15, 0.2) is 0 Å². The molecule has 0 radical (unpaired) electrons. The van der Waals surface area contributed by atoms with E-state index in [2.05, 4.69) is 20.3 Å². The summed E-state index contributed by atoms with van der Waals surface area (Å²) in [4.78, 5) is 11.8. The summed E-state index contributed by atoms with van der Waals surface area (Å²) in [5, 5.41) is 3.31. The van der Waals surface area contributed by atoms with Crippen molar-refractivity contribution in [3.63, 3.8) is 0 Å². The third-order valence-electron chi connectivity index (χ3n) is 3.06. The molecule has 4 nitrogen and oxygen atoms in total. The molecule has 2 N–H and O–H groups in total. The van der Waals surface area contributed by atoms with Crippen molar-refractivity contribution in [3.8, 4) is 0 Å². The van der Waals surface area contributed by atoms with Crippen molar-refractivity contribution in [1.29, 1.82) is 0 Å². The van der Waals surface area contributed by atoms with Crippen LogP contribution >= 0.6 is 0 Å². The fourth-order valence-electron chi connectivity index (χ4n) is 2.08. The van der Waals surface area contributed by atoms with E-state index < -0.39 is 0 Å². The average Bonchev–Trinajstić information content (AvgIpc) is 2.86. The van der Waals surface area contributed by atoms with Gasteiger partial charge in [0.2, 0.25) is 0 Å². The van der Waals surface area contributed by atoms with E-state index in [9.17, 15) is 4.39 Å². The zero-order chi connectivity index (χ0) is 13.8. The van der Waals surface area contributed by atoms with Crippen LogP contribution in [0.15, 0.2) is 42.6 Å². The molecule has 20 heavy (non-hydrogen) atoms. The van der Waals surface area contributed by atoms with E-state index in [1.807, 2.05) is 18.2 Å². The molecule has 3 rings (SSSR count). The molecular formula is C15H15FN4. The SMILES string of the molecule is Fc1ccc2nc(CCNCc3ccccn3)[nH]c2c1. The lowest BCUT2D eigenvalue weighted by Crippen LogP contribution is -2.17. The number of hydrogen-bond acceptors (Lipinski definition) is 3. The maximum atomic E-state index is 13.1. The molecule has 0 spiro atoms. The maximum Gasteiger partial charge on any atom is 0.125 e. The Morgan fingerprint density at radius 2 is 2.15 bits per heavy atom. The van der Waals surface area contributed by atoms with Gasteiger partial charge in [0.25, 0.3) is 0 Å². The highest BCUT2D eigenvalue weighted by Crippen LogP contribution is 2.12. The third-order valence-corrected chi connectivity index (χ3v) is 3.06. The van der Waals surface area contributed by atoms with Gasteiger partial charge in [-0.3, -0.25) is 4.98 Å². The molecule has 2 aromatic heterocycles. The highest BCUT2D eigenvalue weighted by atomic mass is 19.1. The van der Waals surface area contributed by atoms with E-state index in [1.165, 1.54) is 12.1 Å². The third kappa shape index (κ3) is 3.00. The summed E-state index contributed by atoms with van der Waals surface area (Å²) >= 11 is 0. The Labute approximate surface area is 116 Å². The van der Waals surface area contributed by atoms with Gasteiger partial charge >= 0.3 is 0 Å². The van der Waals surface area contributed by atoms with Gasteiger partial charge in [-0.1, -0.05) is 6.07 Å². The van der Waals surface area contributed by atoms with Crippen molar-refractivity contribution in [1.82, 2.24) is 20.3 Å². The summed E-state index contributed by atoms with van der Waals surface area (Å²) < 4.78 is 13.1. The van der Waals surface area contributed by atoms with Gasteiger partial charge < -0.3 is 10.3 Å². The number of benzene rings is 1. The van der Waals surface area contributed by atoms with Crippen LogP contribution in [-0.4, -0.2) is 21.5 Å². The van der Waals surface area contributed by atoms with Crippen LogP contribution in [-0.2, 0) is 13.0 Å². The number of nitrogens with zero attached hydrogens (tertiary/aromatic N) is 2. The fraction of sp³-hybridized carbons (Fsp3) is 0.200. The zero-order valence-electron chi connectivity index (χ0n) is 10.9. The Morgan fingerprint density at radius 3 is 3.00 bits per heavy atom. The van der Waals surface area contributed by atoms with Crippen molar-refractivity contribution >= 4 is 11.0 Å². The Kier molecular flexibility index (Phi) is 3.69. The maximum absolute atomic E-state index is 13.1. The van der Waals surface area contributed by atoms with Crippen LogP contribution in [0.3, 0.4) is 0 Å². The standard InChI is InChI=1S/C15H15FN4/c16-11-4-5-13-14(9-11)20-15(19-13)6-8-17-10-12-3-1-2-7-18-12/h1-5,7,9,17H,6,8,10H2,(H,19,20). The van der Waals surface area contributed by atoms with E-state index in [-0.39, 0.29) is 5.82 Å². The molecule has 3 aromatic rings. The van der Waals surface area contributed by atoms with E-state index in [1.54, 1.807) is 12.3 Å². The molecule has 0 aliphatic rings. The van der Waals surface area contributed by atoms with E-state index in [0.29, 0.717) is 0 Å². The molecule has 1 aromatic carbocycles. The van der Waals surface area contributed by atoms with Gasteiger partial charge in [-0.05, 0) is 30.3 Å². The van der Waals surface area contributed by atoms with Crippen LogP contribution in [0, 0.1) is 5.82 Å². The molecule has 0 amide bonds. The number of aromatic nitrogens is 3. The number of pyridine rings is 1. The van der Waals surface area contributed by atoms with Crippen molar-refractivity contribution < 1.29 is 4.39 Å². The molecule has 0 saturated heterocycles. The lowest BCUT2D eigenvalue weighted by atomic mass is 10.3. The summed E-state index contributed by atoms with van der Waals surface area (Å²) in [5.41, 5.74) is 2.55. The van der Waals surface area contributed by atoms with Crippen molar-refractivity contribution in [3.05, 3.63) is 59.9 Å². The number of rotatable bonds is 5. The Morgan fingerprint density at radius 1 is 1.20 bits per heavy atom. The first-order valence-electron chi connectivity index (χ1n) is 6.56. The summed E-state index contributed by atoms with van der Waals surface area (Å²) in [6, 6.07) is 10.4. The summed E-state index contributed by atoms with van der Waals surface area (Å²) in [5.74, 6) is 0.611. The second-order valence-electron chi connectivity index (χ2n) is 4.59. The normalized spacial score (nSPS) is 11.1. The molecule has 0 saturated carbocycles. The van der Waals surface area contributed by atoms with Gasteiger partial charge in [0.05, 0.1) is 16.7 Å². The van der Waals surface area contributed by atoms with Crippen LogP contribution in [0.2, 0.25) is 0 Å². The monoisotopic (exact) mass is 270 g/mol. The van der Waals surface area contributed by atoms with Gasteiger partial charge in [-0.15, -0.1) is 0 Å². The molecule has 0 bridgehead atoms. The lowest BCUT2D eigenvalue weighted by Gasteiger charge is -2.02. The first-order chi connectivity index (χ1) is 9.81. The van der Waals surface area contributed by atoms with Gasteiger partial charge in [-0.2, -0.15) is 0 Å². The van der Waals surface area contributed by atoms with Crippen LogP contribution in [0.4, 0.5) is 4.39 Å². The Bertz CT molecular complexity index is 693. The number of imidazole rings is 1. The second-order valence-corrected chi connectivity index (χ2v) is 4.59. The quantitative estimate of drug-likeness (QED) is 0.700. The number of hydrogen-bond donors (Lipinski definition) is 2. The molecule has 102 valence electrons. The predicted molar refractivity (Wildman–Crippen MR) is 75.7 cm³/mol. The van der Waals surface area contributed by atoms with Gasteiger partial charge in [-0.25, -0.2) is 9.37 Å². The molecular weight excluding hydrogens is 255 g/mol. The average molecular weight is 270 g/mol. The molecule has 0 unspecified atom stereocenters. The number of H-pyrrole nitrogens is 1.